The predicted octanol–water partition coefficient (Wildman–Crippen LogP) is 2.63. The average Bonchev–Trinajstić information content (AvgIpc) is 2.58. The molecular weight excluding hydrogens is 356 g/mol. The van der Waals surface area contributed by atoms with Gasteiger partial charge in [0.05, 0.1) is 18.3 Å². The number of rotatable bonds is 8. The van der Waals surface area contributed by atoms with Gasteiger partial charge in [-0.05, 0) is 30.7 Å². The highest BCUT2D eigenvalue weighted by atomic mass is 35.5. The zero-order chi connectivity index (χ0) is 18.9. The van der Waals surface area contributed by atoms with Crippen LogP contribution in [0.5, 0.6) is 0 Å². The fourth-order valence-electron chi connectivity index (χ4n) is 2.23. The third-order valence-electron chi connectivity index (χ3n) is 3.51. The first kappa shape index (κ1) is 19.7. The quantitative estimate of drug-likeness (QED) is 0.656. The first-order valence-corrected chi connectivity index (χ1v) is 8.44. The summed E-state index contributed by atoms with van der Waals surface area (Å²) in [6, 6.07) is 10.9. The number of nitrogens with two attached hydrogens (primary N) is 1. The molecule has 1 aromatic heterocycles. The maximum atomic E-state index is 12.0. The highest BCUT2D eigenvalue weighted by molar-refractivity contribution is 6.31. The van der Waals surface area contributed by atoms with E-state index in [9.17, 15) is 9.59 Å². The number of aryl methyl sites for hydroxylation is 1. The third kappa shape index (κ3) is 6.70. The smallest absolute Gasteiger partial charge is 0.412 e. The molecule has 4 N–H and O–H groups in total. The van der Waals surface area contributed by atoms with Crippen molar-refractivity contribution in [2.75, 3.05) is 11.9 Å². The highest BCUT2D eigenvalue weighted by Gasteiger charge is 2.17. The second kappa shape index (κ2) is 9.74. The standard InChI is InChI=1S/C18H21ClN4O3/c1-12-6-7-14(10-22-12)23-18(25)26-15(8-17(20)24)11-21-9-13-4-2-3-5-16(13)19/h2-7,10,15,21H,8-9,11H2,1H3,(H2,20,24)(H,23,25). The van der Waals surface area contributed by atoms with E-state index in [-0.39, 0.29) is 13.0 Å². The number of primary amides is 1. The molecular formula is C18H21ClN4O3. The summed E-state index contributed by atoms with van der Waals surface area (Å²) in [5.41, 5.74) is 7.48. The number of amides is 2. The van der Waals surface area contributed by atoms with E-state index >= 15 is 0 Å². The van der Waals surface area contributed by atoms with Crippen molar-refractivity contribution in [3.8, 4) is 0 Å². The number of hydrogen-bond donors (Lipinski definition) is 3. The molecule has 1 heterocycles. The van der Waals surface area contributed by atoms with Crippen LogP contribution in [0.15, 0.2) is 42.6 Å². The Hall–Kier alpha value is -2.64. The molecule has 26 heavy (non-hydrogen) atoms. The molecule has 2 aromatic rings. The SMILES string of the molecule is Cc1ccc(NC(=O)OC(CNCc2ccccc2Cl)CC(N)=O)cn1. The van der Waals surface area contributed by atoms with Crippen molar-refractivity contribution >= 4 is 29.3 Å². The summed E-state index contributed by atoms with van der Waals surface area (Å²) in [6.45, 7) is 2.57. The van der Waals surface area contributed by atoms with Gasteiger partial charge in [-0.15, -0.1) is 0 Å². The van der Waals surface area contributed by atoms with Crippen molar-refractivity contribution in [2.24, 2.45) is 5.73 Å². The number of anilines is 1. The number of nitrogens with zero attached hydrogens (tertiary/aromatic N) is 1. The Morgan fingerprint density at radius 1 is 1.27 bits per heavy atom. The Morgan fingerprint density at radius 3 is 2.69 bits per heavy atom. The van der Waals surface area contributed by atoms with Gasteiger partial charge in [-0.1, -0.05) is 29.8 Å². The summed E-state index contributed by atoms with van der Waals surface area (Å²) in [5.74, 6) is -0.556. The molecule has 0 spiro atoms. The van der Waals surface area contributed by atoms with Gasteiger partial charge in [0.15, 0.2) is 0 Å². The average molecular weight is 377 g/mol. The van der Waals surface area contributed by atoms with Crippen LogP contribution in [-0.2, 0) is 16.1 Å². The fourth-order valence-corrected chi connectivity index (χ4v) is 2.43. The minimum Gasteiger partial charge on any atom is -0.444 e. The van der Waals surface area contributed by atoms with Gasteiger partial charge in [0.1, 0.15) is 6.10 Å². The topological polar surface area (TPSA) is 106 Å². The van der Waals surface area contributed by atoms with Crippen LogP contribution in [0.1, 0.15) is 17.7 Å². The van der Waals surface area contributed by atoms with Crippen molar-refractivity contribution in [1.29, 1.82) is 0 Å². The zero-order valence-electron chi connectivity index (χ0n) is 14.4. The van der Waals surface area contributed by atoms with E-state index in [1.54, 1.807) is 18.2 Å². The molecule has 0 saturated heterocycles. The molecule has 2 rings (SSSR count). The second-order valence-corrected chi connectivity index (χ2v) is 6.14. The van der Waals surface area contributed by atoms with Crippen LogP contribution in [0.3, 0.4) is 0 Å². The molecule has 1 unspecified atom stereocenters. The van der Waals surface area contributed by atoms with Gasteiger partial charge in [0.2, 0.25) is 5.91 Å². The molecule has 0 aliphatic carbocycles. The summed E-state index contributed by atoms with van der Waals surface area (Å²) in [6.07, 6.45) is 0.0552. The summed E-state index contributed by atoms with van der Waals surface area (Å²) >= 11 is 6.09. The van der Waals surface area contributed by atoms with Gasteiger partial charge in [-0.25, -0.2) is 4.79 Å². The van der Waals surface area contributed by atoms with Crippen LogP contribution in [0.4, 0.5) is 10.5 Å². The van der Waals surface area contributed by atoms with Crippen LogP contribution in [0.2, 0.25) is 5.02 Å². The zero-order valence-corrected chi connectivity index (χ0v) is 15.1. The lowest BCUT2D eigenvalue weighted by atomic mass is 10.2. The number of carbonyl (C=O) groups is 2. The van der Waals surface area contributed by atoms with Crippen molar-refractivity contribution < 1.29 is 14.3 Å². The van der Waals surface area contributed by atoms with Crippen LogP contribution in [-0.4, -0.2) is 29.6 Å². The van der Waals surface area contributed by atoms with Crippen molar-refractivity contribution in [1.82, 2.24) is 10.3 Å². The third-order valence-corrected chi connectivity index (χ3v) is 3.87. The maximum absolute atomic E-state index is 12.0. The summed E-state index contributed by atoms with van der Waals surface area (Å²) in [7, 11) is 0. The molecule has 2 amide bonds. The molecule has 8 heteroatoms. The maximum Gasteiger partial charge on any atom is 0.412 e. The number of halogens is 1. The monoisotopic (exact) mass is 376 g/mol. The van der Waals surface area contributed by atoms with Crippen molar-refractivity contribution in [3.05, 3.63) is 58.9 Å². The van der Waals surface area contributed by atoms with Gasteiger partial charge < -0.3 is 15.8 Å². The number of ether oxygens (including phenoxy) is 1. The van der Waals surface area contributed by atoms with Crippen LogP contribution >= 0.6 is 11.6 Å². The number of aromatic nitrogens is 1. The van der Waals surface area contributed by atoms with Crippen LogP contribution in [0.25, 0.3) is 0 Å². The Morgan fingerprint density at radius 2 is 2.04 bits per heavy atom. The van der Waals surface area contributed by atoms with E-state index in [1.807, 2.05) is 25.1 Å². The fraction of sp³-hybridized carbons (Fsp3) is 0.278. The van der Waals surface area contributed by atoms with Gasteiger partial charge >= 0.3 is 6.09 Å². The Balaban J connectivity index is 1.87. The second-order valence-electron chi connectivity index (χ2n) is 5.73. The Kier molecular flexibility index (Phi) is 7.37. The van der Waals surface area contributed by atoms with E-state index in [1.165, 1.54) is 6.20 Å². The molecule has 0 fully saturated rings. The molecule has 1 aromatic carbocycles. The van der Waals surface area contributed by atoms with Gasteiger partial charge in [0, 0.05) is 23.8 Å². The number of benzene rings is 1. The number of carbonyl (C=O) groups excluding carboxylic acids is 2. The molecule has 0 saturated carbocycles. The van der Waals surface area contributed by atoms with Gasteiger partial charge in [-0.3, -0.25) is 15.1 Å². The molecule has 0 bridgehead atoms. The van der Waals surface area contributed by atoms with Crippen LogP contribution in [0, 0.1) is 6.92 Å². The molecule has 138 valence electrons. The highest BCUT2D eigenvalue weighted by Crippen LogP contribution is 2.14. The summed E-state index contributed by atoms with van der Waals surface area (Å²) < 4.78 is 5.29. The lowest BCUT2D eigenvalue weighted by molar-refractivity contribution is -0.119. The normalized spacial score (nSPS) is 11.6. The van der Waals surface area contributed by atoms with E-state index in [0.717, 1.165) is 11.3 Å². The van der Waals surface area contributed by atoms with Gasteiger partial charge in [0.25, 0.3) is 0 Å². The first-order valence-electron chi connectivity index (χ1n) is 8.06. The molecule has 7 nitrogen and oxygen atoms in total. The molecule has 0 radical (unpaired) electrons. The number of nitrogens with one attached hydrogen (secondary N) is 2. The minimum absolute atomic E-state index is 0.0882. The molecule has 1 atom stereocenters. The summed E-state index contributed by atoms with van der Waals surface area (Å²) in [5, 5.41) is 6.32. The predicted molar refractivity (Wildman–Crippen MR) is 99.8 cm³/mol. The lowest BCUT2D eigenvalue weighted by Crippen LogP contribution is -2.35. The lowest BCUT2D eigenvalue weighted by Gasteiger charge is -2.18. The Bertz CT molecular complexity index is 752. The Labute approximate surface area is 156 Å². The van der Waals surface area contributed by atoms with E-state index in [4.69, 9.17) is 22.1 Å². The molecule has 0 aliphatic heterocycles. The first-order chi connectivity index (χ1) is 12.4. The minimum atomic E-state index is -0.701. The molecule has 0 aliphatic rings. The van der Waals surface area contributed by atoms with E-state index < -0.39 is 18.1 Å². The number of hydrogen-bond acceptors (Lipinski definition) is 5. The van der Waals surface area contributed by atoms with E-state index in [0.29, 0.717) is 17.3 Å². The van der Waals surface area contributed by atoms with Crippen molar-refractivity contribution in [3.63, 3.8) is 0 Å². The van der Waals surface area contributed by atoms with Crippen molar-refractivity contribution in [2.45, 2.75) is 26.0 Å². The van der Waals surface area contributed by atoms with Crippen LogP contribution < -0.4 is 16.4 Å². The van der Waals surface area contributed by atoms with Gasteiger partial charge in [-0.2, -0.15) is 0 Å². The number of pyridine rings is 1. The largest absolute Gasteiger partial charge is 0.444 e. The van der Waals surface area contributed by atoms with E-state index in [2.05, 4.69) is 15.6 Å². The summed E-state index contributed by atoms with van der Waals surface area (Å²) in [4.78, 5) is 27.3.